The molecule has 29 heavy (non-hydrogen) atoms. The van der Waals surface area contributed by atoms with Crippen molar-refractivity contribution >= 4 is 35.1 Å². The second-order valence-corrected chi connectivity index (χ2v) is 7.47. The van der Waals surface area contributed by atoms with E-state index in [1.807, 2.05) is 31.2 Å². The summed E-state index contributed by atoms with van der Waals surface area (Å²) < 4.78 is 5.59. The number of carbonyl (C=O) groups excluding carboxylic acids is 2. The molecular weight excluding hydrogens is 392 g/mol. The van der Waals surface area contributed by atoms with E-state index in [1.54, 1.807) is 29.2 Å². The first-order chi connectivity index (χ1) is 14.0. The summed E-state index contributed by atoms with van der Waals surface area (Å²) in [6.07, 6.45) is 0.478. The molecular formula is C21H19ClN4O3. The monoisotopic (exact) mass is 410 g/mol. The van der Waals surface area contributed by atoms with Crippen LogP contribution in [0.15, 0.2) is 52.9 Å². The first kappa shape index (κ1) is 19.1. The summed E-state index contributed by atoms with van der Waals surface area (Å²) in [5.74, 6) is -0.163. The van der Waals surface area contributed by atoms with E-state index in [-0.39, 0.29) is 36.6 Å². The maximum absolute atomic E-state index is 12.4. The zero-order chi connectivity index (χ0) is 20.4. The lowest BCUT2D eigenvalue weighted by atomic mass is 10.1. The number of amides is 2. The van der Waals surface area contributed by atoms with Crippen LogP contribution in [-0.2, 0) is 16.0 Å². The minimum absolute atomic E-state index is 0.0273. The number of hydrogen-bond acceptors (Lipinski definition) is 5. The summed E-state index contributed by atoms with van der Waals surface area (Å²) in [5, 5.41) is 11.1. The number of nitrogens with one attached hydrogen (secondary N) is 1. The molecule has 1 aliphatic rings. The highest BCUT2D eigenvalue weighted by Crippen LogP contribution is 2.32. The Morgan fingerprint density at radius 1 is 1.17 bits per heavy atom. The first-order valence-corrected chi connectivity index (χ1v) is 9.60. The molecule has 0 aliphatic carbocycles. The molecule has 8 heteroatoms. The molecule has 0 unspecified atom stereocenters. The summed E-state index contributed by atoms with van der Waals surface area (Å²) >= 11 is 5.91. The van der Waals surface area contributed by atoms with Crippen molar-refractivity contribution in [1.29, 1.82) is 0 Å². The molecule has 0 spiro atoms. The molecule has 1 aromatic heterocycles. The Morgan fingerprint density at radius 3 is 2.62 bits per heavy atom. The van der Waals surface area contributed by atoms with Crippen molar-refractivity contribution in [2.45, 2.75) is 25.7 Å². The second-order valence-electron chi connectivity index (χ2n) is 7.04. The third kappa shape index (κ3) is 4.46. The van der Waals surface area contributed by atoms with Crippen LogP contribution in [0.4, 0.5) is 11.7 Å². The van der Waals surface area contributed by atoms with Crippen molar-refractivity contribution in [3.8, 4) is 0 Å². The van der Waals surface area contributed by atoms with Crippen LogP contribution in [0.1, 0.15) is 29.4 Å². The number of anilines is 2. The fraction of sp³-hybridized carbons (Fsp3) is 0.238. The van der Waals surface area contributed by atoms with Gasteiger partial charge in [-0.2, -0.15) is 0 Å². The van der Waals surface area contributed by atoms with Crippen LogP contribution in [0.2, 0.25) is 5.02 Å². The summed E-state index contributed by atoms with van der Waals surface area (Å²) in [6, 6.07) is 14.8. The number of nitrogens with zero attached hydrogens (tertiary/aromatic N) is 3. The topological polar surface area (TPSA) is 88.3 Å². The lowest BCUT2D eigenvalue weighted by Crippen LogP contribution is -2.24. The Balaban J connectivity index is 1.38. The van der Waals surface area contributed by atoms with Gasteiger partial charge in [0.25, 0.3) is 0 Å². The molecule has 2 amide bonds. The van der Waals surface area contributed by atoms with Crippen LogP contribution in [-0.4, -0.2) is 28.6 Å². The van der Waals surface area contributed by atoms with Crippen LogP contribution in [0.3, 0.4) is 0 Å². The minimum atomic E-state index is -0.241. The van der Waals surface area contributed by atoms with Crippen LogP contribution in [0, 0.1) is 6.92 Å². The Labute approximate surface area is 172 Å². The fourth-order valence-corrected chi connectivity index (χ4v) is 3.37. The zero-order valence-corrected chi connectivity index (χ0v) is 16.5. The maximum Gasteiger partial charge on any atom is 0.322 e. The van der Waals surface area contributed by atoms with Crippen LogP contribution in [0.5, 0.6) is 0 Å². The average Bonchev–Trinajstić information content (AvgIpc) is 3.31. The quantitative estimate of drug-likeness (QED) is 0.692. The van der Waals surface area contributed by atoms with Gasteiger partial charge in [0.1, 0.15) is 0 Å². The number of rotatable bonds is 5. The molecule has 1 atom stereocenters. The van der Waals surface area contributed by atoms with Crippen LogP contribution < -0.4 is 10.2 Å². The lowest BCUT2D eigenvalue weighted by molar-refractivity contribution is -0.117. The normalized spacial score (nSPS) is 16.3. The number of hydrogen-bond donors (Lipinski definition) is 1. The number of aryl methyl sites for hydroxylation is 1. The SMILES string of the molecule is Cc1ccc(CC(=O)Nc2nnc([C@@H]3CC(=O)N(c4ccc(Cl)cc4)C3)o2)cc1. The molecule has 1 saturated heterocycles. The molecule has 4 rings (SSSR count). The predicted octanol–water partition coefficient (Wildman–Crippen LogP) is 3.73. The molecule has 0 saturated carbocycles. The van der Waals surface area contributed by atoms with Gasteiger partial charge in [-0.25, -0.2) is 0 Å². The van der Waals surface area contributed by atoms with E-state index in [9.17, 15) is 9.59 Å². The molecule has 0 radical (unpaired) electrons. The van der Waals surface area contributed by atoms with Gasteiger partial charge in [0, 0.05) is 23.7 Å². The van der Waals surface area contributed by atoms with Crippen molar-refractivity contribution in [1.82, 2.24) is 10.2 Å². The van der Waals surface area contributed by atoms with E-state index in [4.69, 9.17) is 16.0 Å². The summed E-state index contributed by atoms with van der Waals surface area (Å²) in [5.41, 5.74) is 2.80. The van der Waals surface area contributed by atoms with Crippen molar-refractivity contribution in [2.24, 2.45) is 0 Å². The highest BCUT2D eigenvalue weighted by molar-refractivity contribution is 6.30. The molecule has 2 aromatic carbocycles. The molecule has 0 bridgehead atoms. The zero-order valence-electron chi connectivity index (χ0n) is 15.8. The molecule has 1 aliphatic heterocycles. The summed E-state index contributed by atoms with van der Waals surface area (Å²) in [7, 11) is 0. The van der Waals surface area contributed by atoms with E-state index in [2.05, 4.69) is 15.5 Å². The number of halogens is 1. The predicted molar refractivity (Wildman–Crippen MR) is 109 cm³/mol. The van der Waals surface area contributed by atoms with Gasteiger partial charge in [0.2, 0.25) is 17.7 Å². The van der Waals surface area contributed by atoms with Gasteiger partial charge in [0.15, 0.2) is 0 Å². The fourth-order valence-electron chi connectivity index (χ4n) is 3.25. The van der Waals surface area contributed by atoms with Gasteiger partial charge in [-0.05, 0) is 36.8 Å². The Morgan fingerprint density at radius 2 is 1.90 bits per heavy atom. The van der Waals surface area contributed by atoms with Gasteiger partial charge in [-0.15, -0.1) is 5.10 Å². The lowest BCUT2D eigenvalue weighted by Gasteiger charge is -2.15. The standard InChI is InChI=1S/C21H19ClN4O3/c1-13-2-4-14(5-3-13)10-18(27)23-21-25-24-20(29-21)15-11-19(28)26(12-15)17-8-6-16(22)7-9-17/h2-9,15H,10-12H2,1H3,(H,23,25,27)/t15-/m1/s1. The Kier molecular flexibility index (Phi) is 5.31. The number of carbonyl (C=O) groups is 2. The number of benzene rings is 2. The van der Waals surface area contributed by atoms with Crippen molar-refractivity contribution in [3.05, 3.63) is 70.6 Å². The van der Waals surface area contributed by atoms with Gasteiger partial charge < -0.3 is 9.32 Å². The smallest absolute Gasteiger partial charge is 0.322 e. The molecule has 2 heterocycles. The van der Waals surface area contributed by atoms with E-state index in [0.717, 1.165) is 16.8 Å². The highest BCUT2D eigenvalue weighted by Gasteiger charge is 2.35. The van der Waals surface area contributed by atoms with Gasteiger partial charge in [-0.3, -0.25) is 14.9 Å². The van der Waals surface area contributed by atoms with Crippen molar-refractivity contribution in [2.75, 3.05) is 16.8 Å². The van der Waals surface area contributed by atoms with Gasteiger partial charge in [-0.1, -0.05) is 46.5 Å². The van der Waals surface area contributed by atoms with E-state index < -0.39 is 0 Å². The highest BCUT2D eigenvalue weighted by atomic mass is 35.5. The van der Waals surface area contributed by atoms with E-state index in [0.29, 0.717) is 17.5 Å². The van der Waals surface area contributed by atoms with Crippen molar-refractivity contribution < 1.29 is 14.0 Å². The molecule has 3 aromatic rings. The Bertz CT molecular complexity index is 1030. The van der Waals surface area contributed by atoms with Crippen LogP contribution >= 0.6 is 11.6 Å². The number of aromatic nitrogens is 2. The molecule has 1 fully saturated rings. The van der Waals surface area contributed by atoms with Crippen molar-refractivity contribution in [3.63, 3.8) is 0 Å². The Hall–Kier alpha value is -3.19. The average molecular weight is 411 g/mol. The van der Waals surface area contributed by atoms with E-state index in [1.165, 1.54) is 0 Å². The molecule has 148 valence electrons. The maximum atomic E-state index is 12.4. The second kappa shape index (κ2) is 8.05. The minimum Gasteiger partial charge on any atom is -0.407 e. The summed E-state index contributed by atoms with van der Waals surface area (Å²) in [6.45, 7) is 2.42. The van der Waals surface area contributed by atoms with Crippen LogP contribution in [0.25, 0.3) is 0 Å². The molecule has 7 nitrogen and oxygen atoms in total. The molecule has 1 N–H and O–H groups in total. The largest absolute Gasteiger partial charge is 0.407 e. The van der Waals surface area contributed by atoms with Gasteiger partial charge >= 0.3 is 6.01 Å². The van der Waals surface area contributed by atoms with E-state index >= 15 is 0 Å². The third-order valence-electron chi connectivity index (χ3n) is 4.78. The third-order valence-corrected chi connectivity index (χ3v) is 5.04. The first-order valence-electron chi connectivity index (χ1n) is 9.22. The van der Waals surface area contributed by atoms with Gasteiger partial charge in [0.05, 0.1) is 12.3 Å². The summed E-state index contributed by atoms with van der Waals surface area (Å²) in [4.78, 5) is 26.3.